The van der Waals surface area contributed by atoms with E-state index in [-0.39, 0.29) is 17.9 Å². The summed E-state index contributed by atoms with van der Waals surface area (Å²) in [5.41, 5.74) is 7.05. The van der Waals surface area contributed by atoms with Crippen molar-refractivity contribution in [1.82, 2.24) is 5.32 Å². The molecule has 1 saturated heterocycles. The van der Waals surface area contributed by atoms with Gasteiger partial charge in [0, 0.05) is 17.8 Å². The molecule has 0 bridgehead atoms. The second-order valence-electron chi connectivity index (χ2n) is 3.77. The molecule has 16 heavy (non-hydrogen) atoms. The maximum absolute atomic E-state index is 11.5. The molecule has 2 rings (SSSR count). The predicted molar refractivity (Wildman–Crippen MR) is 60.6 cm³/mol. The first kappa shape index (κ1) is 10.5. The minimum absolute atomic E-state index is 0.212. The lowest BCUT2D eigenvalue weighted by atomic mass is 10.1. The lowest BCUT2D eigenvalue weighted by molar-refractivity contribution is -0.133. The lowest BCUT2D eigenvalue weighted by Gasteiger charge is -2.22. The summed E-state index contributed by atoms with van der Waals surface area (Å²) in [5.74, 6) is -0.491. The maximum atomic E-state index is 11.5. The van der Waals surface area contributed by atoms with E-state index in [2.05, 4.69) is 10.6 Å². The van der Waals surface area contributed by atoms with E-state index in [1.165, 1.54) is 0 Å². The Labute approximate surface area is 93.0 Å². The molecule has 0 radical (unpaired) electrons. The first-order valence-electron chi connectivity index (χ1n) is 5.11. The highest BCUT2D eigenvalue weighted by Gasteiger charge is 2.26. The maximum Gasteiger partial charge on any atom is 0.249 e. The number of amides is 2. The topological polar surface area (TPSA) is 84.2 Å². The van der Waals surface area contributed by atoms with Gasteiger partial charge >= 0.3 is 0 Å². The number of nitrogen functional groups attached to an aromatic ring is 1. The average Bonchev–Trinajstić information content (AvgIpc) is 2.22. The van der Waals surface area contributed by atoms with Crippen LogP contribution >= 0.6 is 0 Å². The van der Waals surface area contributed by atoms with Gasteiger partial charge in [-0.25, -0.2) is 0 Å². The minimum atomic E-state index is -0.362. The largest absolute Gasteiger partial charge is 0.399 e. The summed E-state index contributed by atoms with van der Waals surface area (Å²) in [7, 11) is 0. The van der Waals surface area contributed by atoms with Gasteiger partial charge in [0.05, 0.1) is 0 Å². The van der Waals surface area contributed by atoms with Crippen molar-refractivity contribution in [2.45, 2.75) is 18.9 Å². The first-order chi connectivity index (χ1) is 7.65. The number of carbonyl (C=O) groups is 2. The van der Waals surface area contributed by atoms with Gasteiger partial charge in [-0.3, -0.25) is 14.9 Å². The van der Waals surface area contributed by atoms with Crippen LogP contribution in [0.1, 0.15) is 12.8 Å². The van der Waals surface area contributed by atoms with Crippen molar-refractivity contribution < 1.29 is 9.59 Å². The van der Waals surface area contributed by atoms with Gasteiger partial charge in [-0.15, -0.1) is 0 Å². The third-order valence-electron chi connectivity index (χ3n) is 2.47. The number of carbonyl (C=O) groups excluding carboxylic acids is 2. The van der Waals surface area contributed by atoms with Crippen LogP contribution in [0.3, 0.4) is 0 Å². The molecule has 0 saturated carbocycles. The smallest absolute Gasteiger partial charge is 0.249 e. The summed E-state index contributed by atoms with van der Waals surface area (Å²) in [6.45, 7) is 0. The third-order valence-corrected chi connectivity index (χ3v) is 2.47. The molecular formula is C11H13N3O2. The molecule has 0 unspecified atom stereocenters. The zero-order valence-corrected chi connectivity index (χ0v) is 8.69. The van der Waals surface area contributed by atoms with Crippen LogP contribution < -0.4 is 16.4 Å². The highest BCUT2D eigenvalue weighted by molar-refractivity contribution is 6.01. The SMILES string of the molecule is Nc1cccc(N[C@H]2CCC(=O)NC2=O)c1. The second kappa shape index (κ2) is 4.22. The number of benzene rings is 1. The lowest BCUT2D eigenvalue weighted by Crippen LogP contribution is -2.47. The van der Waals surface area contributed by atoms with E-state index in [1.54, 1.807) is 12.1 Å². The Kier molecular flexibility index (Phi) is 2.76. The van der Waals surface area contributed by atoms with Crippen molar-refractivity contribution in [3.63, 3.8) is 0 Å². The Morgan fingerprint density at radius 3 is 2.88 bits per heavy atom. The van der Waals surface area contributed by atoms with Gasteiger partial charge in [0.15, 0.2) is 0 Å². The van der Waals surface area contributed by atoms with Crippen LogP contribution in [0.15, 0.2) is 24.3 Å². The number of hydrogen-bond donors (Lipinski definition) is 3. The standard InChI is InChI=1S/C11H13N3O2/c12-7-2-1-3-8(6-7)13-9-4-5-10(15)14-11(9)16/h1-3,6,9,13H,4-5,12H2,(H,14,15,16)/t9-/m0/s1. The molecule has 1 heterocycles. The molecule has 5 nitrogen and oxygen atoms in total. The monoisotopic (exact) mass is 219 g/mol. The number of imide groups is 1. The van der Waals surface area contributed by atoms with E-state index in [9.17, 15) is 9.59 Å². The Balaban J connectivity index is 2.05. The summed E-state index contributed by atoms with van der Waals surface area (Å²) in [6, 6.07) is 6.81. The molecular weight excluding hydrogens is 206 g/mol. The number of rotatable bonds is 2. The van der Waals surface area contributed by atoms with Gasteiger partial charge in [0.25, 0.3) is 0 Å². The Hall–Kier alpha value is -2.04. The van der Waals surface area contributed by atoms with Crippen molar-refractivity contribution in [3.05, 3.63) is 24.3 Å². The van der Waals surface area contributed by atoms with Gasteiger partial charge in [-0.2, -0.15) is 0 Å². The molecule has 1 aromatic carbocycles. The van der Waals surface area contributed by atoms with Crippen LogP contribution in [0.25, 0.3) is 0 Å². The summed E-state index contributed by atoms with van der Waals surface area (Å²) >= 11 is 0. The minimum Gasteiger partial charge on any atom is -0.399 e. The van der Waals surface area contributed by atoms with Gasteiger partial charge in [-0.05, 0) is 24.6 Å². The number of piperidine rings is 1. The van der Waals surface area contributed by atoms with Crippen LogP contribution in [0.2, 0.25) is 0 Å². The molecule has 5 heteroatoms. The Morgan fingerprint density at radius 2 is 2.19 bits per heavy atom. The van der Waals surface area contributed by atoms with Crippen molar-refractivity contribution in [2.75, 3.05) is 11.1 Å². The summed E-state index contributed by atoms with van der Waals surface area (Å²) in [5, 5.41) is 5.34. The van der Waals surface area contributed by atoms with E-state index in [0.717, 1.165) is 5.69 Å². The van der Waals surface area contributed by atoms with Gasteiger partial charge in [0.1, 0.15) is 6.04 Å². The quantitative estimate of drug-likeness (QED) is 0.499. The molecule has 84 valence electrons. The number of anilines is 2. The van der Waals surface area contributed by atoms with E-state index >= 15 is 0 Å². The summed E-state index contributed by atoms with van der Waals surface area (Å²) in [4.78, 5) is 22.4. The zero-order valence-electron chi connectivity index (χ0n) is 8.69. The average molecular weight is 219 g/mol. The molecule has 0 aliphatic carbocycles. The molecule has 0 aromatic heterocycles. The molecule has 1 aliphatic heterocycles. The predicted octanol–water partition coefficient (Wildman–Crippen LogP) is 0.486. The fourth-order valence-corrected chi connectivity index (χ4v) is 1.66. The third kappa shape index (κ3) is 2.31. The van der Waals surface area contributed by atoms with E-state index in [0.29, 0.717) is 18.5 Å². The zero-order chi connectivity index (χ0) is 11.5. The van der Waals surface area contributed by atoms with Crippen LogP contribution in [0, 0.1) is 0 Å². The van der Waals surface area contributed by atoms with E-state index in [1.807, 2.05) is 12.1 Å². The highest BCUT2D eigenvalue weighted by Crippen LogP contribution is 2.16. The van der Waals surface area contributed by atoms with E-state index in [4.69, 9.17) is 5.73 Å². The number of hydrogen-bond acceptors (Lipinski definition) is 4. The van der Waals surface area contributed by atoms with Crippen molar-refractivity contribution in [1.29, 1.82) is 0 Å². The molecule has 1 atom stereocenters. The molecule has 1 aliphatic rings. The molecule has 2 amide bonds. The van der Waals surface area contributed by atoms with Crippen LogP contribution in [-0.4, -0.2) is 17.9 Å². The first-order valence-corrected chi connectivity index (χ1v) is 5.11. The molecule has 0 spiro atoms. The van der Waals surface area contributed by atoms with Crippen molar-refractivity contribution >= 4 is 23.2 Å². The summed E-state index contributed by atoms with van der Waals surface area (Å²) < 4.78 is 0. The molecule has 1 aromatic rings. The Morgan fingerprint density at radius 1 is 1.38 bits per heavy atom. The molecule has 4 N–H and O–H groups in total. The fourth-order valence-electron chi connectivity index (χ4n) is 1.66. The van der Waals surface area contributed by atoms with E-state index < -0.39 is 0 Å². The summed E-state index contributed by atoms with van der Waals surface area (Å²) in [6.07, 6.45) is 0.880. The van der Waals surface area contributed by atoms with Gasteiger partial charge < -0.3 is 11.1 Å². The number of nitrogens with two attached hydrogens (primary N) is 1. The number of nitrogens with one attached hydrogen (secondary N) is 2. The second-order valence-corrected chi connectivity index (χ2v) is 3.77. The van der Waals surface area contributed by atoms with Gasteiger partial charge in [0.2, 0.25) is 11.8 Å². The normalized spacial score (nSPS) is 20.4. The van der Waals surface area contributed by atoms with Crippen LogP contribution in [0.4, 0.5) is 11.4 Å². The van der Waals surface area contributed by atoms with Gasteiger partial charge in [-0.1, -0.05) is 6.07 Å². The molecule has 1 fully saturated rings. The van der Waals surface area contributed by atoms with Crippen molar-refractivity contribution in [3.8, 4) is 0 Å². The van der Waals surface area contributed by atoms with Crippen LogP contribution in [0.5, 0.6) is 0 Å². The Bertz CT molecular complexity index is 431. The highest BCUT2D eigenvalue weighted by atomic mass is 16.2. The fraction of sp³-hybridized carbons (Fsp3) is 0.273. The van der Waals surface area contributed by atoms with Crippen LogP contribution in [-0.2, 0) is 9.59 Å². The van der Waals surface area contributed by atoms with Crippen molar-refractivity contribution in [2.24, 2.45) is 0 Å².